The van der Waals surface area contributed by atoms with E-state index < -0.39 is 5.92 Å². The van der Waals surface area contributed by atoms with Gasteiger partial charge in [-0.05, 0) is 31.0 Å². The molecule has 3 aromatic rings. The van der Waals surface area contributed by atoms with Gasteiger partial charge < -0.3 is 14.6 Å². The van der Waals surface area contributed by atoms with Crippen molar-refractivity contribution >= 4 is 17.4 Å². The van der Waals surface area contributed by atoms with Gasteiger partial charge in [-0.25, -0.2) is 18.7 Å². The second-order valence-corrected chi connectivity index (χ2v) is 7.76. The number of para-hydroxylation sites is 1. The van der Waals surface area contributed by atoms with E-state index in [0.29, 0.717) is 52.8 Å². The second kappa shape index (κ2) is 8.45. The summed E-state index contributed by atoms with van der Waals surface area (Å²) in [7, 11) is 0. The van der Waals surface area contributed by atoms with Crippen LogP contribution in [-0.2, 0) is 0 Å². The van der Waals surface area contributed by atoms with E-state index in [-0.39, 0.29) is 25.3 Å². The Bertz CT molecular complexity index is 1080. The fourth-order valence-corrected chi connectivity index (χ4v) is 3.83. The largest absolute Gasteiger partial charge is 0.441 e. The van der Waals surface area contributed by atoms with Crippen molar-refractivity contribution < 1.29 is 18.0 Å². The lowest BCUT2D eigenvalue weighted by Crippen LogP contribution is -2.30. The van der Waals surface area contributed by atoms with Crippen LogP contribution in [0.25, 0.3) is 11.3 Å². The van der Waals surface area contributed by atoms with E-state index in [1.165, 1.54) is 0 Å². The number of oxazole rings is 1. The van der Waals surface area contributed by atoms with Crippen LogP contribution in [-0.4, -0.2) is 34.9 Å². The van der Waals surface area contributed by atoms with Crippen molar-refractivity contribution in [1.82, 2.24) is 9.97 Å². The summed E-state index contributed by atoms with van der Waals surface area (Å²) in [6, 6.07) is 9.09. The number of amides is 1. The number of halogens is 2. The number of pyridine rings is 1. The first-order valence-electron chi connectivity index (χ1n) is 10.3. The predicted octanol–water partition coefficient (Wildman–Crippen LogP) is 5.23. The number of nitrogens with one attached hydrogen (secondary N) is 1. The zero-order chi connectivity index (χ0) is 22.0. The summed E-state index contributed by atoms with van der Waals surface area (Å²) in [4.78, 5) is 23.8. The molecule has 1 aromatic carbocycles. The molecule has 2 aromatic heterocycles. The molecule has 1 saturated heterocycles. The highest BCUT2D eigenvalue weighted by molar-refractivity contribution is 6.09. The van der Waals surface area contributed by atoms with Crippen molar-refractivity contribution in [3.05, 3.63) is 59.7 Å². The second-order valence-electron chi connectivity index (χ2n) is 7.76. The molecule has 8 heteroatoms. The van der Waals surface area contributed by atoms with Gasteiger partial charge in [0.25, 0.3) is 5.91 Å². The molecule has 0 spiro atoms. The van der Waals surface area contributed by atoms with Crippen molar-refractivity contribution in [3.8, 4) is 11.3 Å². The topological polar surface area (TPSA) is 71.3 Å². The van der Waals surface area contributed by atoms with Crippen molar-refractivity contribution in [2.75, 3.05) is 23.3 Å². The highest BCUT2D eigenvalue weighted by atomic mass is 19.3. The SMILES string of the molecule is Cc1ncc(-c2cnc(N3CCCC(F)(F)CC3)c(C(=O)Nc3ccccc3)c2C)o1. The van der Waals surface area contributed by atoms with Crippen LogP contribution in [0.3, 0.4) is 0 Å². The lowest BCUT2D eigenvalue weighted by Gasteiger charge is -2.25. The molecule has 0 saturated carbocycles. The number of hydrogen-bond acceptors (Lipinski definition) is 5. The maximum Gasteiger partial charge on any atom is 0.259 e. The maximum atomic E-state index is 13.9. The summed E-state index contributed by atoms with van der Waals surface area (Å²) in [5, 5.41) is 2.89. The number of alkyl halides is 2. The minimum absolute atomic E-state index is 0.131. The molecule has 0 unspecified atom stereocenters. The van der Waals surface area contributed by atoms with E-state index >= 15 is 0 Å². The van der Waals surface area contributed by atoms with E-state index in [9.17, 15) is 13.6 Å². The van der Waals surface area contributed by atoms with Crippen LogP contribution in [0.4, 0.5) is 20.3 Å². The van der Waals surface area contributed by atoms with Gasteiger partial charge in [-0.1, -0.05) is 18.2 Å². The third kappa shape index (κ3) is 4.57. The molecule has 3 heterocycles. The van der Waals surface area contributed by atoms with Gasteiger partial charge >= 0.3 is 0 Å². The Balaban J connectivity index is 1.76. The Morgan fingerprint density at radius 1 is 1.10 bits per heavy atom. The average molecular weight is 426 g/mol. The molecule has 0 radical (unpaired) electrons. The monoisotopic (exact) mass is 426 g/mol. The van der Waals surface area contributed by atoms with Gasteiger partial charge in [-0.2, -0.15) is 0 Å². The Labute approximate surface area is 179 Å². The molecule has 1 aliphatic heterocycles. The van der Waals surface area contributed by atoms with Crippen molar-refractivity contribution in [2.45, 2.75) is 39.0 Å². The number of hydrogen-bond donors (Lipinski definition) is 1. The number of benzene rings is 1. The standard InChI is InChI=1S/C23H24F2N4O2/c1-15-18(19-14-26-16(2)31-19)13-27-21(29-11-6-9-23(24,25)10-12-29)20(15)22(30)28-17-7-4-3-5-8-17/h3-5,7-8,13-14H,6,9-12H2,1-2H3,(H,28,30). The normalized spacial score (nSPS) is 16.1. The number of rotatable bonds is 4. The van der Waals surface area contributed by atoms with Gasteiger partial charge in [0.15, 0.2) is 11.7 Å². The first-order valence-corrected chi connectivity index (χ1v) is 10.3. The molecule has 1 amide bonds. The van der Waals surface area contributed by atoms with Crippen LogP contribution in [0.5, 0.6) is 0 Å². The molecule has 4 rings (SSSR count). The summed E-state index contributed by atoms with van der Waals surface area (Å²) in [5.74, 6) is -1.63. The minimum atomic E-state index is -2.70. The van der Waals surface area contributed by atoms with Crippen LogP contribution in [0.2, 0.25) is 0 Å². The van der Waals surface area contributed by atoms with Gasteiger partial charge in [0, 0.05) is 50.3 Å². The molecule has 162 valence electrons. The maximum absolute atomic E-state index is 13.9. The highest BCUT2D eigenvalue weighted by Crippen LogP contribution is 2.34. The van der Waals surface area contributed by atoms with Crippen LogP contribution >= 0.6 is 0 Å². The molecule has 0 atom stereocenters. The number of nitrogens with zero attached hydrogens (tertiary/aromatic N) is 3. The van der Waals surface area contributed by atoms with E-state index in [0.717, 1.165) is 0 Å². The first-order chi connectivity index (χ1) is 14.8. The lowest BCUT2D eigenvalue weighted by molar-refractivity contribution is -0.0102. The Hall–Kier alpha value is -3.29. The summed E-state index contributed by atoms with van der Waals surface area (Å²) in [6.45, 7) is 4.09. The predicted molar refractivity (Wildman–Crippen MR) is 115 cm³/mol. The van der Waals surface area contributed by atoms with Gasteiger partial charge in [0.1, 0.15) is 5.82 Å². The third-order valence-corrected chi connectivity index (χ3v) is 5.48. The molecular formula is C23H24F2N4O2. The first kappa shape index (κ1) is 21.0. The van der Waals surface area contributed by atoms with Gasteiger partial charge in [-0.3, -0.25) is 4.79 Å². The number of carbonyl (C=O) groups is 1. The quantitative estimate of drug-likeness (QED) is 0.618. The fourth-order valence-electron chi connectivity index (χ4n) is 3.83. The molecule has 0 aliphatic carbocycles. The van der Waals surface area contributed by atoms with E-state index in [1.807, 2.05) is 25.1 Å². The summed E-state index contributed by atoms with van der Waals surface area (Å²) in [6.07, 6.45) is 3.10. The minimum Gasteiger partial charge on any atom is -0.441 e. The molecule has 31 heavy (non-hydrogen) atoms. The van der Waals surface area contributed by atoms with Gasteiger partial charge in [0.2, 0.25) is 5.92 Å². The average Bonchev–Trinajstić information content (AvgIpc) is 3.08. The number of carbonyl (C=O) groups excluding carboxylic acids is 1. The van der Waals surface area contributed by atoms with Crippen LogP contribution < -0.4 is 10.2 Å². The summed E-state index contributed by atoms with van der Waals surface area (Å²) < 4.78 is 33.5. The molecule has 0 bridgehead atoms. The van der Waals surface area contributed by atoms with E-state index in [2.05, 4.69) is 15.3 Å². The smallest absolute Gasteiger partial charge is 0.259 e. The Morgan fingerprint density at radius 2 is 1.87 bits per heavy atom. The van der Waals surface area contributed by atoms with Crippen LogP contribution in [0.1, 0.15) is 41.1 Å². The summed E-state index contributed by atoms with van der Waals surface area (Å²) >= 11 is 0. The fraction of sp³-hybridized carbons (Fsp3) is 0.348. The van der Waals surface area contributed by atoms with Crippen molar-refractivity contribution in [2.24, 2.45) is 0 Å². The molecule has 1 N–H and O–H groups in total. The molecule has 1 aliphatic rings. The number of aryl methyl sites for hydroxylation is 1. The molecule has 6 nitrogen and oxygen atoms in total. The zero-order valence-electron chi connectivity index (χ0n) is 17.5. The highest BCUT2D eigenvalue weighted by Gasteiger charge is 2.33. The summed E-state index contributed by atoms with van der Waals surface area (Å²) in [5.41, 5.74) is 2.29. The van der Waals surface area contributed by atoms with E-state index in [1.54, 1.807) is 36.4 Å². The Kier molecular flexibility index (Phi) is 5.71. The van der Waals surface area contributed by atoms with E-state index in [4.69, 9.17) is 4.42 Å². The molecule has 1 fully saturated rings. The van der Waals surface area contributed by atoms with Gasteiger partial charge in [0.05, 0.1) is 11.8 Å². The Morgan fingerprint density at radius 3 is 2.58 bits per heavy atom. The lowest BCUT2D eigenvalue weighted by atomic mass is 10.0. The van der Waals surface area contributed by atoms with Crippen LogP contribution in [0.15, 0.2) is 47.1 Å². The number of aromatic nitrogens is 2. The van der Waals surface area contributed by atoms with Crippen LogP contribution in [0, 0.1) is 13.8 Å². The molecular weight excluding hydrogens is 402 g/mol. The zero-order valence-corrected chi connectivity index (χ0v) is 17.5. The van der Waals surface area contributed by atoms with Crippen molar-refractivity contribution in [1.29, 1.82) is 0 Å². The number of anilines is 2. The van der Waals surface area contributed by atoms with Gasteiger partial charge in [-0.15, -0.1) is 0 Å². The third-order valence-electron chi connectivity index (χ3n) is 5.48. The van der Waals surface area contributed by atoms with Crippen molar-refractivity contribution in [3.63, 3.8) is 0 Å².